The molecule has 2 N–H and O–H groups in total. The first-order valence-electron chi connectivity index (χ1n) is 11.8. The Kier molecular flexibility index (Phi) is 5.13. The van der Waals surface area contributed by atoms with E-state index >= 15 is 0 Å². The van der Waals surface area contributed by atoms with Gasteiger partial charge in [0.2, 0.25) is 0 Å². The molecule has 2 aromatic heterocycles. The molecule has 1 saturated heterocycles. The number of nitrogens with zero attached hydrogens (tertiary/aromatic N) is 2. The molecular weight excluding hydrogens is 440 g/mol. The van der Waals surface area contributed by atoms with E-state index in [1.165, 1.54) is 12.1 Å². The fraction of sp³-hybridized carbons (Fsp3) is 0.385. The van der Waals surface area contributed by atoms with Crippen LogP contribution < -0.4 is 0 Å². The zero-order chi connectivity index (χ0) is 23.4. The molecule has 2 aliphatic rings. The number of carboxylic acids is 1. The van der Waals surface area contributed by atoms with Gasteiger partial charge in [0.25, 0.3) is 0 Å². The Balaban J connectivity index is 1.58. The molecule has 176 valence electrons. The zero-order valence-electron chi connectivity index (χ0n) is 18.6. The number of aromatic nitrogens is 3. The van der Waals surface area contributed by atoms with Gasteiger partial charge < -0.3 is 14.4 Å². The molecule has 1 saturated carbocycles. The van der Waals surface area contributed by atoms with Gasteiger partial charge in [-0.2, -0.15) is 5.10 Å². The van der Waals surface area contributed by atoms with Crippen LogP contribution in [-0.4, -0.2) is 39.1 Å². The minimum absolute atomic E-state index is 0.205. The van der Waals surface area contributed by atoms with Gasteiger partial charge in [0.15, 0.2) is 11.6 Å². The van der Waals surface area contributed by atoms with E-state index in [4.69, 9.17) is 4.74 Å². The second-order valence-corrected chi connectivity index (χ2v) is 9.59. The maximum Gasteiger partial charge on any atom is 0.306 e. The van der Waals surface area contributed by atoms with Gasteiger partial charge in [-0.1, -0.05) is 0 Å². The highest BCUT2D eigenvalue weighted by Crippen LogP contribution is 2.44. The molecule has 0 spiro atoms. The maximum absolute atomic E-state index is 14.4. The van der Waals surface area contributed by atoms with Crippen LogP contribution in [0, 0.1) is 23.5 Å². The number of halogens is 2. The largest absolute Gasteiger partial charge is 0.481 e. The number of ether oxygens (including phenoxy) is 1. The molecule has 0 amide bonds. The summed E-state index contributed by atoms with van der Waals surface area (Å²) in [5, 5.41) is 18.5. The van der Waals surface area contributed by atoms with Crippen LogP contribution in [-0.2, 0) is 16.0 Å². The summed E-state index contributed by atoms with van der Waals surface area (Å²) in [4.78, 5) is 11.4. The number of hydrogen-bond acceptors (Lipinski definition) is 3. The van der Waals surface area contributed by atoms with Crippen molar-refractivity contribution in [1.29, 1.82) is 0 Å². The predicted octanol–water partition coefficient (Wildman–Crippen LogP) is 5.33. The summed E-state index contributed by atoms with van der Waals surface area (Å²) >= 11 is 0. The molecule has 0 unspecified atom stereocenters. The minimum Gasteiger partial charge on any atom is -0.481 e. The fourth-order valence-corrected chi connectivity index (χ4v) is 5.72. The van der Waals surface area contributed by atoms with E-state index in [0.717, 1.165) is 52.3 Å². The van der Waals surface area contributed by atoms with Crippen molar-refractivity contribution in [2.24, 2.45) is 11.8 Å². The van der Waals surface area contributed by atoms with Crippen LogP contribution >= 0.6 is 0 Å². The molecule has 1 aliphatic carbocycles. The van der Waals surface area contributed by atoms with Crippen LogP contribution in [0.5, 0.6) is 0 Å². The van der Waals surface area contributed by atoms with Gasteiger partial charge in [0.05, 0.1) is 23.1 Å². The second kappa shape index (κ2) is 8.20. The standard InChI is InChI=1S/C26H25F2N3O3/c27-21-2-1-18(11-22(21)28)31-24-10-17-13-29-30-23(17)12-19(24)20(9-14-7-16(8-14)26(32)33)25(31)15-3-5-34-6-4-15/h1-2,10-16H,3-9H2,(H,29,30)(H,32,33)/t14-,16-. The Morgan fingerprint density at radius 1 is 1.15 bits per heavy atom. The maximum atomic E-state index is 14.4. The van der Waals surface area contributed by atoms with Gasteiger partial charge in [-0.05, 0) is 67.9 Å². The Hall–Kier alpha value is -3.26. The van der Waals surface area contributed by atoms with Crippen LogP contribution in [0.15, 0.2) is 36.5 Å². The van der Waals surface area contributed by atoms with E-state index in [0.29, 0.717) is 31.7 Å². The number of aromatic amines is 1. The number of hydrogen-bond donors (Lipinski definition) is 2. The zero-order valence-corrected chi connectivity index (χ0v) is 18.6. The van der Waals surface area contributed by atoms with Gasteiger partial charge in [-0.25, -0.2) is 8.78 Å². The number of nitrogens with one attached hydrogen (secondary N) is 1. The Bertz CT molecular complexity index is 1400. The molecule has 2 fully saturated rings. The van der Waals surface area contributed by atoms with E-state index in [1.54, 1.807) is 12.3 Å². The first-order chi connectivity index (χ1) is 16.5. The molecule has 8 heteroatoms. The van der Waals surface area contributed by atoms with Crippen molar-refractivity contribution in [1.82, 2.24) is 14.8 Å². The molecule has 4 aromatic rings. The topological polar surface area (TPSA) is 80.1 Å². The number of carboxylic acid groups (broad SMARTS) is 1. The van der Waals surface area contributed by atoms with Crippen LogP contribution in [0.3, 0.4) is 0 Å². The van der Waals surface area contributed by atoms with Crippen molar-refractivity contribution >= 4 is 27.8 Å². The lowest BCUT2D eigenvalue weighted by Crippen LogP contribution is -2.31. The molecule has 0 radical (unpaired) electrons. The number of fused-ring (bicyclic) bond motifs is 2. The van der Waals surface area contributed by atoms with Gasteiger partial charge in [0.1, 0.15) is 0 Å². The predicted molar refractivity (Wildman–Crippen MR) is 123 cm³/mol. The number of benzene rings is 2. The van der Waals surface area contributed by atoms with Crippen molar-refractivity contribution in [3.63, 3.8) is 0 Å². The number of H-pyrrole nitrogens is 1. The van der Waals surface area contributed by atoms with Crippen molar-refractivity contribution in [2.45, 2.75) is 38.0 Å². The van der Waals surface area contributed by atoms with Gasteiger partial charge in [-0.15, -0.1) is 0 Å². The summed E-state index contributed by atoms with van der Waals surface area (Å²) in [6, 6.07) is 8.17. The molecule has 0 atom stereocenters. The summed E-state index contributed by atoms with van der Waals surface area (Å²) in [5.74, 6) is -2.29. The van der Waals surface area contributed by atoms with Crippen LogP contribution in [0.1, 0.15) is 42.9 Å². The van der Waals surface area contributed by atoms with Crippen LogP contribution in [0.2, 0.25) is 0 Å². The molecule has 2 aromatic carbocycles. The number of aliphatic carboxylic acids is 1. The Morgan fingerprint density at radius 3 is 2.68 bits per heavy atom. The summed E-state index contributed by atoms with van der Waals surface area (Å²) in [6.07, 6.45) is 5.51. The van der Waals surface area contributed by atoms with E-state index in [2.05, 4.69) is 20.8 Å². The molecule has 6 nitrogen and oxygen atoms in total. The highest BCUT2D eigenvalue weighted by Gasteiger charge is 2.36. The van der Waals surface area contributed by atoms with Gasteiger partial charge >= 0.3 is 5.97 Å². The normalized spacial score (nSPS) is 21.2. The molecule has 3 heterocycles. The highest BCUT2D eigenvalue weighted by atomic mass is 19.2. The van der Waals surface area contributed by atoms with E-state index in [-0.39, 0.29) is 17.8 Å². The van der Waals surface area contributed by atoms with Crippen molar-refractivity contribution < 1.29 is 23.4 Å². The summed E-state index contributed by atoms with van der Waals surface area (Å²) in [5.41, 5.74) is 4.68. The van der Waals surface area contributed by atoms with Gasteiger partial charge in [-0.3, -0.25) is 9.89 Å². The van der Waals surface area contributed by atoms with E-state index < -0.39 is 17.6 Å². The molecule has 34 heavy (non-hydrogen) atoms. The minimum atomic E-state index is -0.883. The number of carbonyl (C=O) groups is 1. The third-order valence-electron chi connectivity index (χ3n) is 7.52. The van der Waals surface area contributed by atoms with Gasteiger partial charge in [0, 0.05) is 47.4 Å². The fourth-order valence-electron chi connectivity index (χ4n) is 5.72. The molecular formula is C26H25F2N3O3. The molecule has 0 bridgehead atoms. The number of rotatable bonds is 5. The van der Waals surface area contributed by atoms with Crippen LogP contribution in [0.4, 0.5) is 8.78 Å². The van der Waals surface area contributed by atoms with Crippen molar-refractivity contribution in [3.8, 4) is 5.69 Å². The third-order valence-corrected chi connectivity index (χ3v) is 7.52. The monoisotopic (exact) mass is 465 g/mol. The average molecular weight is 466 g/mol. The van der Waals surface area contributed by atoms with E-state index in [1.807, 2.05) is 6.07 Å². The summed E-state index contributed by atoms with van der Waals surface area (Å²) < 4.78 is 35.9. The summed E-state index contributed by atoms with van der Waals surface area (Å²) in [6.45, 7) is 1.30. The first-order valence-corrected chi connectivity index (χ1v) is 11.8. The lowest BCUT2D eigenvalue weighted by molar-refractivity contribution is -0.146. The lowest BCUT2D eigenvalue weighted by atomic mass is 9.71. The third kappa shape index (κ3) is 3.48. The lowest BCUT2D eigenvalue weighted by Gasteiger charge is -2.33. The Morgan fingerprint density at radius 2 is 1.94 bits per heavy atom. The highest BCUT2D eigenvalue weighted by molar-refractivity contribution is 5.98. The quantitative estimate of drug-likeness (QED) is 0.417. The summed E-state index contributed by atoms with van der Waals surface area (Å²) in [7, 11) is 0. The molecule has 6 rings (SSSR count). The van der Waals surface area contributed by atoms with E-state index in [9.17, 15) is 18.7 Å². The average Bonchev–Trinajstić information content (AvgIpc) is 3.38. The molecule has 1 aliphatic heterocycles. The van der Waals surface area contributed by atoms with Crippen molar-refractivity contribution in [3.05, 3.63) is 59.4 Å². The Labute approximate surface area is 194 Å². The first kappa shape index (κ1) is 21.3. The van der Waals surface area contributed by atoms with Crippen LogP contribution in [0.25, 0.3) is 27.5 Å². The SMILES string of the molecule is O=C(O)[C@H]1C[C@H](Cc2c(C3CCOCC3)n(-c3ccc(F)c(F)c3)c3cc4cn[nH]c4cc23)C1. The van der Waals surface area contributed by atoms with Crippen molar-refractivity contribution in [2.75, 3.05) is 13.2 Å². The second-order valence-electron chi connectivity index (χ2n) is 9.59. The smallest absolute Gasteiger partial charge is 0.306 e.